The Labute approximate surface area is 120 Å². The fourth-order valence-electron chi connectivity index (χ4n) is 2.61. The Morgan fingerprint density at radius 2 is 2.20 bits per heavy atom. The molecule has 112 valence electrons. The molecule has 1 aromatic rings. The highest BCUT2D eigenvalue weighted by atomic mass is 32.2. The SMILES string of the molecule is CN1CCCC(CNc2ccc(N)cc2S(N)(=O)=O)C1. The van der Waals surface area contributed by atoms with Crippen LogP contribution in [0.5, 0.6) is 0 Å². The lowest BCUT2D eigenvalue weighted by Crippen LogP contribution is -2.35. The van der Waals surface area contributed by atoms with E-state index in [1.165, 1.54) is 12.5 Å². The van der Waals surface area contributed by atoms with Crippen LogP contribution in [-0.2, 0) is 10.0 Å². The highest BCUT2D eigenvalue weighted by molar-refractivity contribution is 7.89. The van der Waals surface area contributed by atoms with Gasteiger partial charge in [0.2, 0.25) is 10.0 Å². The molecule has 1 unspecified atom stereocenters. The summed E-state index contributed by atoms with van der Waals surface area (Å²) in [6.07, 6.45) is 2.32. The van der Waals surface area contributed by atoms with E-state index in [0.29, 0.717) is 17.3 Å². The van der Waals surface area contributed by atoms with Gasteiger partial charge < -0.3 is 16.0 Å². The third kappa shape index (κ3) is 3.84. The van der Waals surface area contributed by atoms with Crippen molar-refractivity contribution in [3.05, 3.63) is 18.2 Å². The zero-order valence-corrected chi connectivity index (χ0v) is 12.5. The fourth-order valence-corrected chi connectivity index (χ4v) is 3.36. The molecule has 0 saturated carbocycles. The van der Waals surface area contributed by atoms with Crippen LogP contribution in [0.15, 0.2) is 23.1 Å². The highest BCUT2D eigenvalue weighted by Gasteiger charge is 2.19. The van der Waals surface area contributed by atoms with Crippen LogP contribution in [0.25, 0.3) is 0 Å². The first kappa shape index (κ1) is 15.1. The van der Waals surface area contributed by atoms with Crippen LogP contribution in [0, 0.1) is 5.92 Å². The maximum Gasteiger partial charge on any atom is 0.240 e. The second kappa shape index (κ2) is 5.99. The zero-order chi connectivity index (χ0) is 14.8. The summed E-state index contributed by atoms with van der Waals surface area (Å²) < 4.78 is 23.2. The average Bonchev–Trinajstić information content (AvgIpc) is 2.36. The molecule has 1 aliphatic rings. The van der Waals surface area contributed by atoms with Crippen molar-refractivity contribution in [2.24, 2.45) is 11.1 Å². The maximum absolute atomic E-state index is 11.6. The van der Waals surface area contributed by atoms with Gasteiger partial charge in [-0.3, -0.25) is 0 Å². The Morgan fingerprint density at radius 3 is 2.85 bits per heavy atom. The summed E-state index contributed by atoms with van der Waals surface area (Å²) in [6, 6.07) is 4.73. The van der Waals surface area contributed by atoms with Crippen molar-refractivity contribution < 1.29 is 8.42 Å². The van der Waals surface area contributed by atoms with Gasteiger partial charge in [-0.25, -0.2) is 13.6 Å². The van der Waals surface area contributed by atoms with Crippen LogP contribution in [0.2, 0.25) is 0 Å². The molecule has 20 heavy (non-hydrogen) atoms. The van der Waals surface area contributed by atoms with E-state index in [0.717, 1.165) is 26.1 Å². The molecule has 0 spiro atoms. The Balaban J connectivity index is 2.09. The van der Waals surface area contributed by atoms with Crippen molar-refractivity contribution in [1.29, 1.82) is 0 Å². The molecule has 1 atom stereocenters. The summed E-state index contributed by atoms with van der Waals surface area (Å²) in [6.45, 7) is 2.88. The summed E-state index contributed by atoms with van der Waals surface area (Å²) in [5.41, 5.74) is 6.54. The van der Waals surface area contributed by atoms with Crippen LogP contribution >= 0.6 is 0 Å². The van der Waals surface area contributed by atoms with Gasteiger partial charge in [0.05, 0.1) is 5.69 Å². The van der Waals surface area contributed by atoms with Gasteiger partial charge in [-0.15, -0.1) is 0 Å². The Bertz CT molecular complexity index is 574. The number of primary sulfonamides is 1. The van der Waals surface area contributed by atoms with Gasteiger partial charge in [-0.2, -0.15) is 0 Å². The first-order chi connectivity index (χ1) is 9.36. The minimum Gasteiger partial charge on any atom is -0.399 e. The molecule has 1 saturated heterocycles. The fraction of sp³-hybridized carbons (Fsp3) is 0.538. The molecule has 2 rings (SSSR count). The van der Waals surface area contributed by atoms with E-state index in [1.54, 1.807) is 12.1 Å². The van der Waals surface area contributed by atoms with E-state index in [4.69, 9.17) is 10.9 Å². The van der Waals surface area contributed by atoms with Crippen molar-refractivity contribution >= 4 is 21.4 Å². The lowest BCUT2D eigenvalue weighted by Gasteiger charge is -2.30. The number of benzene rings is 1. The number of sulfonamides is 1. The van der Waals surface area contributed by atoms with Crippen molar-refractivity contribution in [1.82, 2.24) is 4.90 Å². The number of piperidine rings is 1. The van der Waals surface area contributed by atoms with Crippen LogP contribution < -0.4 is 16.2 Å². The maximum atomic E-state index is 11.6. The number of nitrogens with two attached hydrogens (primary N) is 2. The summed E-state index contributed by atoms with van der Waals surface area (Å²) in [7, 11) is -1.67. The minimum absolute atomic E-state index is 0.0571. The lowest BCUT2D eigenvalue weighted by atomic mass is 9.98. The van der Waals surface area contributed by atoms with Crippen LogP contribution in [0.1, 0.15) is 12.8 Å². The molecule has 0 aromatic heterocycles. The van der Waals surface area contributed by atoms with Crippen LogP contribution in [0.3, 0.4) is 0 Å². The number of anilines is 2. The molecule has 1 fully saturated rings. The molecule has 0 aliphatic carbocycles. The largest absolute Gasteiger partial charge is 0.399 e. The van der Waals surface area contributed by atoms with Gasteiger partial charge in [-0.1, -0.05) is 0 Å². The molecule has 1 aliphatic heterocycles. The van der Waals surface area contributed by atoms with Crippen LogP contribution in [0.4, 0.5) is 11.4 Å². The summed E-state index contributed by atoms with van der Waals surface area (Å²) in [5, 5.41) is 8.42. The van der Waals surface area contributed by atoms with Crippen molar-refractivity contribution in [3.8, 4) is 0 Å². The monoisotopic (exact) mass is 298 g/mol. The number of likely N-dealkylation sites (tertiary alicyclic amines) is 1. The van der Waals surface area contributed by atoms with Crippen LogP contribution in [-0.4, -0.2) is 40.0 Å². The molecule has 1 aromatic carbocycles. The molecule has 5 N–H and O–H groups in total. The van der Waals surface area contributed by atoms with E-state index in [9.17, 15) is 8.42 Å². The standard InChI is InChI=1S/C13H22N4O2S/c1-17-6-2-3-10(9-17)8-16-12-5-4-11(14)7-13(12)20(15,18)19/h4-5,7,10,16H,2-3,6,8-9,14H2,1H3,(H2,15,18,19). The van der Waals surface area contributed by atoms with E-state index in [-0.39, 0.29) is 4.90 Å². The Morgan fingerprint density at radius 1 is 1.45 bits per heavy atom. The molecule has 7 heteroatoms. The first-order valence-corrected chi connectivity index (χ1v) is 8.25. The molecule has 1 heterocycles. The van der Waals surface area contributed by atoms with Gasteiger partial charge in [-0.05, 0) is 50.6 Å². The summed E-state index contributed by atoms with van der Waals surface area (Å²) >= 11 is 0. The van der Waals surface area contributed by atoms with E-state index in [2.05, 4.69) is 17.3 Å². The van der Waals surface area contributed by atoms with Crippen molar-refractivity contribution in [3.63, 3.8) is 0 Å². The average molecular weight is 298 g/mol. The Hall–Kier alpha value is -1.31. The van der Waals surface area contributed by atoms with E-state index >= 15 is 0 Å². The molecule has 6 nitrogen and oxygen atoms in total. The predicted octanol–water partition coefficient (Wildman–Crippen LogP) is 0.670. The second-order valence-corrected chi connectivity index (χ2v) is 6.98. The number of hydrogen-bond donors (Lipinski definition) is 3. The summed E-state index contributed by atoms with van der Waals surface area (Å²) in [4.78, 5) is 2.35. The number of nitrogens with one attached hydrogen (secondary N) is 1. The number of nitrogen functional groups attached to an aromatic ring is 1. The molecule has 0 bridgehead atoms. The lowest BCUT2D eigenvalue weighted by molar-refractivity contribution is 0.217. The number of hydrogen-bond acceptors (Lipinski definition) is 5. The zero-order valence-electron chi connectivity index (χ0n) is 11.7. The normalized spacial score (nSPS) is 20.8. The smallest absolute Gasteiger partial charge is 0.240 e. The number of rotatable bonds is 4. The quantitative estimate of drug-likeness (QED) is 0.709. The second-order valence-electron chi connectivity index (χ2n) is 5.45. The first-order valence-electron chi connectivity index (χ1n) is 6.71. The third-order valence-corrected chi connectivity index (χ3v) is 4.57. The topological polar surface area (TPSA) is 101 Å². The highest BCUT2D eigenvalue weighted by Crippen LogP contribution is 2.24. The Kier molecular flexibility index (Phi) is 4.52. The molecular weight excluding hydrogens is 276 g/mol. The molecule has 0 amide bonds. The van der Waals surface area contributed by atoms with Crippen molar-refractivity contribution in [2.75, 3.05) is 37.7 Å². The van der Waals surface area contributed by atoms with Crippen molar-refractivity contribution in [2.45, 2.75) is 17.7 Å². The third-order valence-electron chi connectivity index (χ3n) is 3.62. The summed E-state index contributed by atoms with van der Waals surface area (Å²) in [5.74, 6) is 0.514. The van der Waals surface area contributed by atoms with Gasteiger partial charge >= 0.3 is 0 Å². The van der Waals surface area contributed by atoms with Gasteiger partial charge in [0.15, 0.2) is 0 Å². The van der Waals surface area contributed by atoms with Gasteiger partial charge in [0.25, 0.3) is 0 Å². The number of nitrogens with zero attached hydrogens (tertiary/aromatic N) is 1. The molecular formula is C13H22N4O2S. The predicted molar refractivity (Wildman–Crippen MR) is 80.9 cm³/mol. The minimum atomic E-state index is -3.77. The van der Waals surface area contributed by atoms with E-state index < -0.39 is 10.0 Å². The van der Waals surface area contributed by atoms with E-state index in [1.807, 2.05) is 0 Å². The molecule has 0 radical (unpaired) electrons. The van der Waals surface area contributed by atoms with Gasteiger partial charge in [0.1, 0.15) is 4.90 Å². The van der Waals surface area contributed by atoms with Gasteiger partial charge in [0, 0.05) is 18.8 Å².